The van der Waals surface area contributed by atoms with Gasteiger partial charge in [-0.2, -0.15) is 0 Å². The summed E-state index contributed by atoms with van der Waals surface area (Å²) >= 11 is 0. The van der Waals surface area contributed by atoms with E-state index in [-0.39, 0.29) is 5.78 Å². The molecule has 1 heteroatoms. The topological polar surface area (TPSA) is 17.1 Å². The zero-order valence-corrected chi connectivity index (χ0v) is 11.5. The molecule has 1 aromatic rings. The standard InChI is InChI=1S/C13H8O.2C2H6/c14-13(9-4-2-1-3-5-9)12-8-10-6-7-11(10)12;2*1-2/h1-8H;2*1-2H3. The van der Waals surface area contributed by atoms with Crippen molar-refractivity contribution in [3.05, 3.63) is 59.7 Å². The second-order valence-electron chi connectivity index (χ2n) is 3.46. The lowest BCUT2D eigenvalue weighted by molar-refractivity contribution is 0.103. The molecule has 94 valence electrons. The number of ketones is 1. The Hall–Kier alpha value is -1.89. The van der Waals surface area contributed by atoms with Crippen LogP contribution in [0.1, 0.15) is 43.6 Å². The maximum atomic E-state index is 11.9. The van der Waals surface area contributed by atoms with Crippen molar-refractivity contribution >= 4 is 5.78 Å². The molecule has 0 unspecified atom stereocenters. The molecule has 0 atom stereocenters. The van der Waals surface area contributed by atoms with Gasteiger partial charge in [0.1, 0.15) is 0 Å². The van der Waals surface area contributed by atoms with Crippen LogP contribution >= 0.6 is 0 Å². The fraction of sp³-hybridized carbons (Fsp3) is 0.235. The molecule has 0 saturated heterocycles. The van der Waals surface area contributed by atoms with Gasteiger partial charge in [0.05, 0.1) is 0 Å². The van der Waals surface area contributed by atoms with E-state index in [1.54, 1.807) is 0 Å². The maximum absolute atomic E-state index is 11.9. The van der Waals surface area contributed by atoms with Gasteiger partial charge in [-0.1, -0.05) is 70.2 Å². The van der Waals surface area contributed by atoms with E-state index < -0.39 is 0 Å². The molecule has 0 spiro atoms. The van der Waals surface area contributed by atoms with E-state index in [0.717, 1.165) is 16.7 Å². The van der Waals surface area contributed by atoms with Crippen LogP contribution in [0.3, 0.4) is 0 Å². The first-order valence-corrected chi connectivity index (χ1v) is 6.60. The van der Waals surface area contributed by atoms with Crippen LogP contribution in [0.2, 0.25) is 0 Å². The van der Waals surface area contributed by atoms with Crippen LogP contribution in [0, 0.1) is 0 Å². The van der Waals surface area contributed by atoms with Crippen LogP contribution in [0.15, 0.2) is 48.5 Å². The normalized spacial score (nSPS) is 9.33. The predicted octanol–water partition coefficient (Wildman–Crippen LogP) is 4.95. The molecule has 0 aromatic heterocycles. The van der Waals surface area contributed by atoms with Crippen LogP contribution in [-0.4, -0.2) is 5.78 Å². The summed E-state index contributed by atoms with van der Waals surface area (Å²) in [5.74, 6) is 0.133. The smallest absolute Gasteiger partial charge is 0.193 e. The molecule has 0 saturated carbocycles. The van der Waals surface area contributed by atoms with Crippen molar-refractivity contribution in [2.75, 3.05) is 0 Å². The number of hydrogen-bond acceptors (Lipinski definition) is 1. The first kappa shape index (κ1) is 14.2. The summed E-state index contributed by atoms with van der Waals surface area (Å²) in [4.78, 5) is 11.9. The van der Waals surface area contributed by atoms with Crippen molar-refractivity contribution in [1.29, 1.82) is 0 Å². The second-order valence-corrected chi connectivity index (χ2v) is 3.46. The zero-order chi connectivity index (χ0) is 13.5. The minimum Gasteiger partial charge on any atom is -0.289 e. The van der Waals surface area contributed by atoms with Crippen molar-refractivity contribution in [1.82, 2.24) is 0 Å². The van der Waals surface area contributed by atoms with Crippen LogP contribution < -0.4 is 0 Å². The van der Waals surface area contributed by atoms with Gasteiger partial charge in [-0.15, -0.1) is 0 Å². The highest BCUT2D eigenvalue weighted by molar-refractivity contribution is 6.16. The maximum Gasteiger partial charge on any atom is 0.193 e. The van der Waals surface area contributed by atoms with Gasteiger partial charge in [-0.3, -0.25) is 4.79 Å². The van der Waals surface area contributed by atoms with Gasteiger partial charge in [-0.05, 0) is 17.2 Å². The van der Waals surface area contributed by atoms with Crippen LogP contribution in [0.5, 0.6) is 0 Å². The average molecular weight is 240 g/mol. The van der Waals surface area contributed by atoms with Gasteiger partial charge in [0.25, 0.3) is 0 Å². The molecule has 0 heterocycles. The van der Waals surface area contributed by atoms with E-state index >= 15 is 0 Å². The quantitative estimate of drug-likeness (QED) is 0.579. The third kappa shape index (κ3) is 2.51. The number of carbonyl (C=O) groups excluding carboxylic acids is 1. The van der Waals surface area contributed by atoms with Gasteiger partial charge < -0.3 is 0 Å². The van der Waals surface area contributed by atoms with Crippen molar-refractivity contribution in [3.63, 3.8) is 0 Å². The van der Waals surface area contributed by atoms with Gasteiger partial charge in [0, 0.05) is 11.1 Å². The molecule has 0 bridgehead atoms. The molecule has 0 radical (unpaired) electrons. The van der Waals surface area contributed by atoms with Crippen molar-refractivity contribution < 1.29 is 4.79 Å². The lowest BCUT2D eigenvalue weighted by atomic mass is 9.83. The molecule has 0 aliphatic heterocycles. The molecule has 0 N–H and O–H groups in total. The third-order valence-electron chi connectivity index (χ3n) is 2.61. The van der Waals surface area contributed by atoms with Crippen molar-refractivity contribution in [2.24, 2.45) is 0 Å². The number of fused-ring (bicyclic) bond motifs is 1. The minimum atomic E-state index is 0.133. The van der Waals surface area contributed by atoms with Crippen molar-refractivity contribution in [3.8, 4) is 11.1 Å². The van der Waals surface area contributed by atoms with Gasteiger partial charge in [0.2, 0.25) is 0 Å². The highest BCUT2D eigenvalue weighted by Crippen LogP contribution is 2.37. The number of hydrogen-bond donors (Lipinski definition) is 0. The average Bonchev–Trinajstić information content (AvgIpc) is 2.46. The van der Waals surface area contributed by atoms with E-state index in [1.165, 1.54) is 5.56 Å². The Morgan fingerprint density at radius 3 is 1.83 bits per heavy atom. The first-order valence-electron chi connectivity index (χ1n) is 6.60. The lowest BCUT2D eigenvalue weighted by Gasteiger charge is -2.19. The molecule has 3 rings (SSSR count). The SMILES string of the molecule is CC.CC.O=C(c1ccccc1)c1cc2ccc1-2. The van der Waals surface area contributed by atoms with E-state index in [9.17, 15) is 4.79 Å². The fourth-order valence-corrected chi connectivity index (χ4v) is 1.72. The Morgan fingerprint density at radius 1 is 0.833 bits per heavy atom. The minimum absolute atomic E-state index is 0.133. The highest BCUT2D eigenvalue weighted by atomic mass is 16.1. The molecule has 2 aliphatic carbocycles. The second kappa shape index (κ2) is 6.75. The van der Waals surface area contributed by atoms with Crippen LogP contribution in [0.4, 0.5) is 0 Å². The third-order valence-corrected chi connectivity index (χ3v) is 2.61. The van der Waals surface area contributed by atoms with E-state index in [1.807, 2.05) is 76.2 Å². The monoisotopic (exact) mass is 240 g/mol. The molecule has 1 aromatic carbocycles. The molecule has 0 fully saturated rings. The largest absolute Gasteiger partial charge is 0.289 e. The van der Waals surface area contributed by atoms with E-state index in [2.05, 4.69) is 0 Å². The molecule has 18 heavy (non-hydrogen) atoms. The Bertz CT molecular complexity index is 502. The number of rotatable bonds is 2. The zero-order valence-electron chi connectivity index (χ0n) is 11.5. The van der Waals surface area contributed by atoms with Crippen LogP contribution in [-0.2, 0) is 0 Å². The Labute approximate surface area is 109 Å². The highest BCUT2D eigenvalue weighted by Gasteiger charge is 2.22. The van der Waals surface area contributed by atoms with Gasteiger partial charge in [-0.25, -0.2) is 0 Å². The van der Waals surface area contributed by atoms with Gasteiger partial charge in [0.15, 0.2) is 5.78 Å². The molecular formula is C17H20O. The molecule has 1 nitrogen and oxygen atoms in total. The summed E-state index contributed by atoms with van der Waals surface area (Å²) < 4.78 is 0. The lowest BCUT2D eigenvalue weighted by Crippen LogP contribution is -2.09. The number of carbonyl (C=O) groups is 1. The van der Waals surface area contributed by atoms with Gasteiger partial charge >= 0.3 is 0 Å². The molecule has 2 aliphatic rings. The molecular weight excluding hydrogens is 220 g/mol. The Balaban J connectivity index is 0.000000371. The summed E-state index contributed by atoms with van der Waals surface area (Å²) in [5, 5.41) is 0. The predicted molar refractivity (Wildman–Crippen MR) is 78.0 cm³/mol. The summed E-state index contributed by atoms with van der Waals surface area (Å²) in [6, 6.07) is 15.4. The summed E-state index contributed by atoms with van der Waals surface area (Å²) in [7, 11) is 0. The van der Waals surface area contributed by atoms with Crippen molar-refractivity contribution in [2.45, 2.75) is 27.7 Å². The fourth-order valence-electron chi connectivity index (χ4n) is 1.72. The van der Waals surface area contributed by atoms with Crippen LogP contribution in [0.25, 0.3) is 11.1 Å². The summed E-state index contributed by atoms with van der Waals surface area (Å²) in [6.07, 6.45) is 0. The van der Waals surface area contributed by atoms with E-state index in [4.69, 9.17) is 0 Å². The summed E-state index contributed by atoms with van der Waals surface area (Å²) in [6.45, 7) is 8.00. The molecule has 0 amide bonds. The van der Waals surface area contributed by atoms with E-state index in [0.29, 0.717) is 0 Å². The Morgan fingerprint density at radius 2 is 1.44 bits per heavy atom. The first-order chi connectivity index (χ1) is 8.86. The Kier molecular flexibility index (Phi) is 5.31. The number of benzene rings is 2. The summed E-state index contributed by atoms with van der Waals surface area (Å²) in [5.41, 5.74) is 3.96.